The topological polar surface area (TPSA) is 108 Å². The number of hydrogen-bond donors (Lipinski definition) is 1. The lowest BCUT2D eigenvalue weighted by molar-refractivity contribution is -0.110. The van der Waals surface area contributed by atoms with E-state index in [2.05, 4.69) is 20.6 Å². The van der Waals surface area contributed by atoms with Gasteiger partial charge in [-0.2, -0.15) is 4.98 Å². The molecule has 9 nitrogen and oxygen atoms in total. The summed E-state index contributed by atoms with van der Waals surface area (Å²) in [6.45, 7) is 0.988. The Morgan fingerprint density at radius 1 is 1.24 bits per heavy atom. The Kier molecular flexibility index (Phi) is 3.12. The van der Waals surface area contributed by atoms with Gasteiger partial charge in [0.2, 0.25) is 11.7 Å². The second kappa shape index (κ2) is 5.47. The number of carbonyl (C=O) groups excluding carboxylic acids is 1. The van der Waals surface area contributed by atoms with Gasteiger partial charge in [0.1, 0.15) is 13.2 Å². The molecule has 128 valence electrons. The number of nitrogens with one attached hydrogen (secondary N) is 1. The molecule has 5 rings (SSSR count). The van der Waals surface area contributed by atoms with E-state index in [4.69, 9.17) is 18.8 Å². The fourth-order valence-corrected chi connectivity index (χ4v) is 2.76. The van der Waals surface area contributed by atoms with Gasteiger partial charge in [-0.05, 0) is 18.9 Å². The second-order valence-electron chi connectivity index (χ2n) is 6.03. The molecule has 0 bridgehead atoms. The fraction of sp³-hybridized carbons (Fsp3) is 0.375. The molecule has 1 N–H and O–H groups in total. The highest BCUT2D eigenvalue weighted by Crippen LogP contribution is 2.39. The van der Waals surface area contributed by atoms with Crippen LogP contribution in [-0.2, 0) is 16.2 Å². The summed E-state index contributed by atoms with van der Waals surface area (Å²) in [4.78, 5) is 21.6. The van der Waals surface area contributed by atoms with Gasteiger partial charge in [-0.25, -0.2) is 0 Å². The van der Waals surface area contributed by atoms with Crippen LogP contribution in [0.4, 0.5) is 5.69 Å². The van der Waals surface area contributed by atoms with Crippen molar-refractivity contribution in [2.45, 2.75) is 25.4 Å². The molecule has 2 aliphatic heterocycles. The molecule has 3 aliphatic rings. The van der Waals surface area contributed by atoms with Gasteiger partial charge >= 0.3 is 0 Å². The van der Waals surface area contributed by atoms with Crippen molar-refractivity contribution < 1.29 is 23.6 Å². The molecule has 9 heteroatoms. The van der Waals surface area contributed by atoms with E-state index in [1.165, 1.54) is 0 Å². The maximum absolute atomic E-state index is 12.1. The number of nitrogens with zero attached hydrogens (tertiary/aromatic N) is 3. The van der Waals surface area contributed by atoms with Crippen molar-refractivity contribution in [3.8, 4) is 11.5 Å². The number of anilines is 1. The zero-order chi connectivity index (χ0) is 16.8. The molecule has 0 spiro atoms. The SMILES string of the molecule is O=C1Nc2cc3c(cc2/C1=N\OCc1noc(C2CC2)n1)OCCO3. The standard InChI is InChI=1S/C16H14N4O5/c21-15-14(20-24-7-13-18-16(25-19-13)8-1-2-8)9-5-11-12(6-10(9)17-15)23-4-3-22-11/h5-6,8H,1-4,7H2,(H,17,20,21). The van der Waals surface area contributed by atoms with Crippen LogP contribution in [0.25, 0.3) is 0 Å². The molecule has 3 heterocycles. The Morgan fingerprint density at radius 2 is 2.04 bits per heavy atom. The Hall–Kier alpha value is -3.10. The van der Waals surface area contributed by atoms with E-state index < -0.39 is 0 Å². The molecule has 0 unspecified atom stereocenters. The summed E-state index contributed by atoms with van der Waals surface area (Å²) < 4.78 is 16.2. The number of aromatic nitrogens is 2. The quantitative estimate of drug-likeness (QED) is 0.841. The van der Waals surface area contributed by atoms with Crippen molar-refractivity contribution in [2.75, 3.05) is 18.5 Å². The third-order valence-corrected chi connectivity index (χ3v) is 4.16. The molecule has 1 amide bonds. The van der Waals surface area contributed by atoms with E-state index in [0.29, 0.717) is 53.6 Å². The van der Waals surface area contributed by atoms with Crippen LogP contribution in [0.15, 0.2) is 21.8 Å². The first-order chi connectivity index (χ1) is 12.3. The summed E-state index contributed by atoms with van der Waals surface area (Å²) in [5.74, 6) is 2.27. The Balaban J connectivity index is 1.35. The van der Waals surface area contributed by atoms with Crippen LogP contribution < -0.4 is 14.8 Å². The minimum Gasteiger partial charge on any atom is -0.486 e. The first-order valence-electron chi connectivity index (χ1n) is 8.06. The predicted molar refractivity (Wildman–Crippen MR) is 83.7 cm³/mol. The van der Waals surface area contributed by atoms with Crippen LogP contribution >= 0.6 is 0 Å². The van der Waals surface area contributed by atoms with Crippen molar-refractivity contribution in [1.29, 1.82) is 0 Å². The summed E-state index contributed by atoms with van der Waals surface area (Å²) >= 11 is 0. The molecule has 1 fully saturated rings. The molecule has 1 aromatic heterocycles. The van der Waals surface area contributed by atoms with Crippen molar-refractivity contribution in [2.24, 2.45) is 5.16 Å². The normalized spacial score (nSPS) is 19.7. The lowest BCUT2D eigenvalue weighted by Gasteiger charge is -2.18. The lowest BCUT2D eigenvalue weighted by atomic mass is 10.1. The van der Waals surface area contributed by atoms with E-state index in [-0.39, 0.29) is 18.2 Å². The monoisotopic (exact) mass is 342 g/mol. The number of hydrogen-bond acceptors (Lipinski definition) is 8. The van der Waals surface area contributed by atoms with Crippen LogP contribution in [0, 0.1) is 0 Å². The molecular weight excluding hydrogens is 328 g/mol. The van der Waals surface area contributed by atoms with E-state index >= 15 is 0 Å². The summed E-state index contributed by atoms with van der Waals surface area (Å²) in [6, 6.07) is 3.45. The smallest absolute Gasteiger partial charge is 0.278 e. The average molecular weight is 342 g/mol. The fourth-order valence-electron chi connectivity index (χ4n) is 2.76. The first kappa shape index (κ1) is 14.3. The highest BCUT2D eigenvalue weighted by molar-refractivity contribution is 6.53. The maximum Gasteiger partial charge on any atom is 0.278 e. The lowest BCUT2D eigenvalue weighted by Crippen LogP contribution is -2.16. The van der Waals surface area contributed by atoms with Gasteiger partial charge in [0.15, 0.2) is 23.8 Å². The Morgan fingerprint density at radius 3 is 2.84 bits per heavy atom. The summed E-state index contributed by atoms with van der Waals surface area (Å²) in [7, 11) is 0. The number of amides is 1. The van der Waals surface area contributed by atoms with Crippen molar-refractivity contribution in [1.82, 2.24) is 10.1 Å². The van der Waals surface area contributed by atoms with Gasteiger partial charge in [-0.15, -0.1) is 0 Å². The van der Waals surface area contributed by atoms with Crippen LogP contribution in [0.3, 0.4) is 0 Å². The molecule has 2 aromatic rings. The molecule has 1 saturated carbocycles. The third-order valence-electron chi connectivity index (χ3n) is 4.16. The number of benzene rings is 1. The minimum atomic E-state index is -0.343. The molecule has 1 aliphatic carbocycles. The predicted octanol–water partition coefficient (Wildman–Crippen LogP) is 1.59. The van der Waals surface area contributed by atoms with E-state index in [0.717, 1.165) is 12.8 Å². The van der Waals surface area contributed by atoms with Crippen LogP contribution in [-0.4, -0.2) is 35.0 Å². The zero-order valence-electron chi connectivity index (χ0n) is 13.2. The number of carbonyl (C=O) groups is 1. The van der Waals surface area contributed by atoms with Crippen LogP contribution in [0.5, 0.6) is 11.5 Å². The summed E-state index contributed by atoms with van der Waals surface area (Å²) in [5.41, 5.74) is 1.41. The second-order valence-corrected chi connectivity index (χ2v) is 6.03. The van der Waals surface area contributed by atoms with Gasteiger partial charge in [0.25, 0.3) is 5.91 Å². The largest absolute Gasteiger partial charge is 0.486 e. The average Bonchev–Trinajstić information content (AvgIpc) is 3.29. The van der Waals surface area contributed by atoms with Crippen molar-refractivity contribution >= 4 is 17.3 Å². The zero-order valence-corrected chi connectivity index (χ0v) is 13.2. The van der Waals surface area contributed by atoms with E-state index in [1.54, 1.807) is 12.1 Å². The van der Waals surface area contributed by atoms with Gasteiger partial charge in [-0.3, -0.25) is 4.79 Å². The molecule has 25 heavy (non-hydrogen) atoms. The van der Waals surface area contributed by atoms with E-state index in [1.807, 2.05) is 0 Å². The Bertz CT molecular complexity index is 887. The van der Waals surface area contributed by atoms with Gasteiger partial charge in [0.05, 0.1) is 5.69 Å². The highest BCUT2D eigenvalue weighted by atomic mass is 16.6. The van der Waals surface area contributed by atoms with E-state index in [9.17, 15) is 4.79 Å². The summed E-state index contributed by atoms with van der Waals surface area (Å²) in [6.07, 6.45) is 2.16. The number of oxime groups is 1. The van der Waals surface area contributed by atoms with Gasteiger partial charge in [0, 0.05) is 17.5 Å². The molecule has 0 saturated heterocycles. The third kappa shape index (κ3) is 2.57. The number of fused-ring (bicyclic) bond motifs is 2. The van der Waals surface area contributed by atoms with Crippen molar-refractivity contribution in [3.63, 3.8) is 0 Å². The maximum atomic E-state index is 12.1. The minimum absolute atomic E-state index is 0.0346. The number of rotatable bonds is 4. The highest BCUT2D eigenvalue weighted by Gasteiger charge is 2.31. The number of ether oxygens (including phenoxy) is 2. The molecule has 0 radical (unpaired) electrons. The van der Waals surface area contributed by atoms with Gasteiger partial charge in [-0.1, -0.05) is 10.3 Å². The molecular formula is C16H14N4O5. The summed E-state index contributed by atoms with van der Waals surface area (Å²) in [5, 5.41) is 10.5. The van der Waals surface area contributed by atoms with Crippen LogP contribution in [0.2, 0.25) is 0 Å². The first-order valence-corrected chi connectivity index (χ1v) is 8.06. The Labute approximate surface area is 141 Å². The van der Waals surface area contributed by atoms with Gasteiger partial charge < -0.3 is 24.2 Å². The molecule has 1 aromatic carbocycles. The van der Waals surface area contributed by atoms with Crippen molar-refractivity contribution in [3.05, 3.63) is 29.4 Å². The van der Waals surface area contributed by atoms with Crippen LogP contribution in [0.1, 0.15) is 36.0 Å². The molecule has 0 atom stereocenters.